The third-order valence-electron chi connectivity index (χ3n) is 4.95. The molecule has 1 heterocycles. The highest BCUT2D eigenvalue weighted by Crippen LogP contribution is 2.44. The second-order valence-electron chi connectivity index (χ2n) is 6.45. The van der Waals surface area contributed by atoms with Crippen molar-refractivity contribution in [2.24, 2.45) is 5.92 Å². The van der Waals surface area contributed by atoms with Crippen LogP contribution < -0.4 is 10.6 Å². The number of allylic oxidation sites excluding steroid dienone is 2. The number of nitrogens with one attached hydrogen (secondary N) is 2. The second kappa shape index (κ2) is 6.04. The summed E-state index contributed by atoms with van der Waals surface area (Å²) in [5.41, 5.74) is 4.16. The maximum absolute atomic E-state index is 11.6. The molecule has 3 unspecified atom stereocenters. The number of hydrogen-bond donors (Lipinski definition) is 3. The number of carbonyl (C=O) groups is 1. The minimum atomic E-state index is -0.766. The first-order valence-electron chi connectivity index (χ1n) is 8.34. The van der Waals surface area contributed by atoms with Gasteiger partial charge >= 0.3 is 5.97 Å². The van der Waals surface area contributed by atoms with Crippen LogP contribution in [0.2, 0.25) is 0 Å². The van der Waals surface area contributed by atoms with E-state index in [1.165, 1.54) is 5.56 Å². The Bertz CT molecular complexity index is 785. The van der Waals surface area contributed by atoms with E-state index in [9.17, 15) is 9.90 Å². The normalized spacial score (nSPS) is 24.4. The molecule has 0 spiro atoms. The van der Waals surface area contributed by atoms with E-state index in [-0.39, 0.29) is 11.8 Å². The van der Waals surface area contributed by atoms with Crippen LogP contribution >= 0.6 is 0 Å². The lowest BCUT2D eigenvalue weighted by Crippen LogP contribution is -2.43. The van der Waals surface area contributed by atoms with Crippen LogP contribution in [0.5, 0.6) is 0 Å². The Kier molecular flexibility index (Phi) is 3.73. The highest BCUT2D eigenvalue weighted by atomic mass is 16.4. The van der Waals surface area contributed by atoms with Crippen molar-refractivity contribution < 1.29 is 9.90 Å². The maximum atomic E-state index is 11.6. The van der Waals surface area contributed by atoms with Gasteiger partial charge in [0.1, 0.15) is 6.04 Å². The topological polar surface area (TPSA) is 61.4 Å². The van der Waals surface area contributed by atoms with E-state index in [2.05, 4.69) is 28.9 Å². The van der Waals surface area contributed by atoms with Crippen LogP contribution in [0.1, 0.15) is 24.3 Å². The van der Waals surface area contributed by atoms with Crippen molar-refractivity contribution in [3.05, 3.63) is 66.2 Å². The monoisotopic (exact) mass is 320 g/mol. The first kappa shape index (κ1) is 14.8. The van der Waals surface area contributed by atoms with Crippen molar-refractivity contribution in [1.82, 2.24) is 0 Å². The molecule has 3 atom stereocenters. The van der Waals surface area contributed by atoms with Crippen LogP contribution in [0.4, 0.5) is 17.1 Å². The van der Waals surface area contributed by atoms with Crippen LogP contribution in [0.3, 0.4) is 0 Å². The molecule has 4 heteroatoms. The van der Waals surface area contributed by atoms with Crippen molar-refractivity contribution in [3.63, 3.8) is 0 Å². The van der Waals surface area contributed by atoms with Gasteiger partial charge in [-0.2, -0.15) is 0 Å². The maximum Gasteiger partial charge on any atom is 0.326 e. The molecule has 3 N–H and O–H groups in total. The van der Waals surface area contributed by atoms with Crippen molar-refractivity contribution in [2.45, 2.75) is 24.8 Å². The Labute approximate surface area is 141 Å². The van der Waals surface area contributed by atoms with Gasteiger partial charge in [0.2, 0.25) is 0 Å². The van der Waals surface area contributed by atoms with Crippen molar-refractivity contribution in [2.75, 3.05) is 10.6 Å². The Hall–Kier alpha value is -2.75. The number of anilines is 3. The Balaban J connectivity index is 1.69. The minimum Gasteiger partial charge on any atom is -0.480 e. The molecule has 2 aromatic carbocycles. The lowest BCUT2D eigenvalue weighted by atomic mass is 9.72. The summed E-state index contributed by atoms with van der Waals surface area (Å²) in [6, 6.07) is 15.6. The van der Waals surface area contributed by atoms with E-state index in [4.69, 9.17) is 0 Å². The number of fused-ring (bicyclic) bond motifs is 3. The Morgan fingerprint density at radius 1 is 1.12 bits per heavy atom. The Morgan fingerprint density at radius 2 is 1.96 bits per heavy atom. The number of aliphatic carboxylic acids is 1. The van der Waals surface area contributed by atoms with E-state index >= 15 is 0 Å². The predicted octanol–water partition coefficient (Wildman–Crippen LogP) is 4.36. The summed E-state index contributed by atoms with van der Waals surface area (Å²) in [6.45, 7) is 0. The molecule has 4 nitrogen and oxygen atoms in total. The number of para-hydroxylation sites is 1. The molecular weight excluding hydrogens is 300 g/mol. The van der Waals surface area contributed by atoms with Gasteiger partial charge in [-0.1, -0.05) is 30.4 Å². The smallest absolute Gasteiger partial charge is 0.326 e. The molecule has 1 aliphatic heterocycles. The van der Waals surface area contributed by atoms with E-state index in [0.717, 1.165) is 29.9 Å². The highest BCUT2D eigenvalue weighted by Gasteiger charge is 2.39. The molecule has 0 saturated carbocycles. The molecule has 2 aromatic rings. The first-order chi connectivity index (χ1) is 11.7. The van der Waals surface area contributed by atoms with Crippen molar-refractivity contribution >= 4 is 23.0 Å². The molecule has 1 aliphatic carbocycles. The van der Waals surface area contributed by atoms with Gasteiger partial charge in [0.25, 0.3) is 0 Å². The zero-order valence-corrected chi connectivity index (χ0v) is 13.3. The first-order valence-corrected chi connectivity index (χ1v) is 8.34. The summed E-state index contributed by atoms with van der Waals surface area (Å²) >= 11 is 0. The van der Waals surface area contributed by atoms with Gasteiger partial charge in [0.15, 0.2) is 0 Å². The predicted molar refractivity (Wildman–Crippen MR) is 95.8 cm³/mol. The zero-order chi connectivity index (χ0) is 16.5. The number of hydrogen-bond acceptors (Lipinski definition) is 3. The van der Waals surface area contributed by atoms with Gasteiger partial charge in [0, 0.05) is 28.9 Å². The number of carboxylic acids is 1. The molecule has 0 saturated heterocycles. The fourth-order valence-electron chi connectivity index (χ4n) is 3.82. The van der Waals surface area contributed by atoms with Gasteiger partial charge < -0.3 is 15.7 Å². The van der Waals surface area contributed by atoms with Crippen LogP contribution in [0, 0.1) is 5.92 Å². The summed E-state index contributed by atoms with van der Waals surface area (Å²) < 4.78 is 0. The average Bonchev–Trinajstić information content (AvgIpc) is 2.62. The highest BCUT2D eigenvalue weighted by molar-refractivity contribution is 5.81. The van der Waals surface area contributed by atoms with Crippen LogP contribution in [-0.4, -0.2) is 17.1 Å². The van der Waals surface area contributed by atoms with E-state index in [1.807, 2.05) is 42.5 Å². The van der Waals surface area contributed by atoms with Gasteiger partial charge in [-0.05, 0) is 48.7 Å². The molecule has 122 valence electrons. The molecule has 0 fully saturated rings. The van der Waals surface area contributed by atoms with E-state index in [1.54, 1.807) is 0 Å². The van der Waals surface area contributed by atoms with Crippen LogP contribution in [0.25, 0.3) is 0 Å². The van der Waals surface area contributed by atoms with E-state index in [0.29, 0.717) is 0 Å². The largest absolute Gasteiger partial charge is 0.480 e. The fourth-order valence-corrected chi connectivity index (χ4v) is 3.82. The summed E-state index contributed by atoms with van der Waals surface area (Å²) in [6.07, 6.45) is 6.20. The molecular formula is C20H20N2O2. The number of rotatable bonds is 3. The van der Waals surface area contributed by atoms with Gasteiger partial charge in [0.05, 0.1) is 0 Å². The van der Waals surface area contributed by atoms with E-state index < -0.39 is 12.0 Å². The standard InChI is InChI=1S/C20H20N2O2/c23-20(24)19-16-9-5-4-8-15(16)17-12-14(10-11-18(17)22-19)21-13-6-2-1-3-7-13/h1-4,6-8,10-12,15-16,19,21-22H,5,9H2,(H,23,24). The quantitative estimate of drug-likeness (QED) is 0.735. The summed E-state index contributed by atoms with van der Waals surface area (Å²) in [7, 11) is 0. The molecule has 0 bridgehead atoms. The zero-order valence-electron chi connectivity index (χ0n) is 13.3. The van der Waals surface area contributed by atoms with Gasteiger partial charge in [-0.15, -0.1) is 0 Å². The summed E-state index contributed by atoms with van der Waals surface area (Å²) in [5, 5.41) is 16.2. The third-order valence-corrected chi connectivity index (χ3v) is 4.95. The molecule has 0 aromatic heterocycles. The molecule has 0 amide bonds. The lowest BCUT2D eigenvalue weighted by Gasteiger charge is -2.39. The van der Waals surface area contributed by atoms with Crippen LogP contribution in [-0.2, 0) is 4.79 Å². The number of benzene rings is 2. The van der Waals surface area contributed by atoms with Gasteiger partial charge in [-0.3, -0.25) is 0 Å². The number of carboxylic acid groups (broad SMARTS) is 1. The molecule has 0 radical (unpaired) electrons. The molecule has 2 aliphatic rings. The third kappa shape index (κ3) is 2.64. The fraction of sp³-hybridized carbons (Fsp3) is 0.250. The van der Waals surface area contributed by atoms with Crippen molar-refractivity contribution in [1.29, 1.82) is 0 Å². The lowest BCUT2D eigenvalue weighted by molar-refractivity contribution is -0.139. The molecule has 4 rings (SSSR count). The van der Waals surface area contributed by atoms with Crippen LogP contribution in [0.15, 0.2) is 60.7 Å². The SMILES string of the molecule is O=C(O)C1Nc2ccc(Nc3ccccc3)cc2C2C=CCCC12. The Morgan fingerprint density at radius 3 is 2.75 bits per heavy atom. The van der Waals surface area contributed by atoms with Gasteiger partial charge in [-0.25, -0.2) is 4.79 Å². The summed E-state index contributed by atoms with van der Waals surface area (Å²) in [4.78, 5) is 11.6. The van der Waals surface area contributed by atoms with Crippen molar-refractivity contribution in [3.8, 4) is 0 Å². The summed E-state index contributed by atoms with van der Waals surface area (Å²) in [5.74, 6) is -0.502. The second-order valence-corrected chi connectivity index (χ2v) is 6.45. The minimum absolute atomic E-state index is 0.104. The molecule has 24 heavy (non-hydrogen) atoms. The average molecular weight is 320 g/mol.